The number of halogens is 3. The minimum atomic E-state index is -0.925. The zero-order valence-electron chi connectivity index (χ0n) is 23.0. The van der Waals surface area contributed by atoms with Crippen LogP contribution in [0.15, 0.2) is 72.9 Å². The molecule has 0 saturated carbocycles. The molecule has 0 radical (unpaired) electrons. The second kappa shape index (κ2) is 12.7. The summed E-state index contributed by atoms with van der Waals surface area (Å²) in [5.74, 6) is -2.57. The number of carbonyl (C=O) groups is 2. The SMILES string of the molecule is CCOC(=O)Cc1ccc2c(c1)NC(=O)CCCCC(c1ccc(-c3c(F)ccc(Cl)c3F)c[n+]1[O-])c1cccc-2c1. The molecule has 1 N–H and O–H groups in total. The first-order valence-electron chi connectivity index (χ1n) is 13.8. The summed E-state index contributed by atoms with van der Waals surface area (Å²) in [6.45, 7) is 2.04. The third kappa shape index (κ3) is 6.29. The third-order valence-corrected chi connectivity index (χ3v) is 7.68. The Morgan fingerprint density at radius 3 is 2.69 bits per heavy atom. The number of carbonyl (C=O) groups excluding carboxylic acids is 2. The third-order valence-electron chi connectivity index (χ3n) is 7.39. The molecule has 3 aromatic carbocycles. The average molecular weight is 591 g/mol. The average Bonchev–Trinajstić information content (AvgIpc) is 2.96. The molecule has 6 nitrogen and oxygen atoms in total. The van der Waals surface area contributed by atoms with Gasteiger partial charge in [-0.05, 0) is 60.7 Å². The maximum absolute atomic E-state index is 14.7. The summed E-state index contributed by atoms with van der Waals surface area (Å²) in [6.07, 6.45) is 3.38. The molecule has 1 unspecified atom stereocenters. The number of ether oxygens (including phenoxy) is 1. The molecule has 0 spiro atoms. The van der Waals surface area contributed by atoms with Crippen molar-refractivity contribution in [2.75, 3.05) is 11.9 Å². The molecular formula is C33H29ClF2N2O4. The highest BCUT2D eigenvalue weighted by Crippen LogP contribution is 2.36. The van der Waals surface area contributed by atoms with Crippen molar-refractivity contribution in [3.8, 4) is 22.3 Å². The van der Waals surface area contributed by atoms with Crippen LogP contribution in [-0.2, 0) is 20.7 Å². The Labute approximate surface area is 247 Å². The maximum Gasteiger partial charge on any atom is 0.310 e. The van der Waals surface area contributed by atoms with Crippen LogP contribution in [0.2, 0.25) is 5.02 Å². The number of hydrogen-bond acceptors (Lipinski definition) is 4. The van der Waals surface area contributed by atoms with Crippen LogP contribution in [0.25, 0.3) is 22.3 Å². The number of benzene rings is 3. The fourth-order valence-electron chi connectivity index (χ4n) is 5.39. The first kappa shape index (κ1) is 29.2. The molecule has 1 aromatic heterocycles. The summed E-state index contributed by atoms with van der Waals surface area (Å²) < 4.78 is 34.9. The number of pyridine rings is 1. The maximum atomic E-state index is 14.7. The highest BCUT2D eigenvalue weighted by Gasteiger charge is 2.25. The molecule has 9 heteroatoms. The molecule has 1 atom stereocenters. The summed E-state index contributed by atoms with van der Waals surface area (Å²) in [5, 5.41) is 16.1. The molecule has 1 amide bonds. The van der Waals surface area contributed by atoms with Gasteiger partial charge in [0, 0.05) is 23.7 Å². The lowest BCUT2D eigenvalue weighted by Crippen LogP contribution is -2.33. The van der Waals surface area contributed by atoms with Crippen molar-refractivity contribution in [1.82, 2.24) is 0 Å². The van der Waals surface area contributed by atoms with Crippen molar-refractivity contribution in [3.63, 3.8) is 0 Å². The Morgan fingerprint density at radius 2 is 1.90 bits per heavy atom. The zero-order valence-corrected chi connectivity index (χ0v) is 23.7. The minimum Gasteiger partial charge on any atom is -0.618 e. The molecule has 42 heavy (non-hydrogen) atoms. The predicted octanol–water partition coefficient (Wildman–Crippen LogP) is 7.34. The van der Waals surface area contributed by atoms with Crippen molar-refractivity contribution < 1.29 is 27.8 Å². The number of amides is 1. The first-order chi connectivity index (χ1) is 20.2. The summed E-state index contributed by atoms with van der Waals surface area (Å²) in [5.41, 5.74) is 3.94. The lowest BCUT2D eigenvalue weighted by Gasteiger charge is -2.20. The van der Waals surface area contributed by atoms with Crippen LogP contribution in [-0.4, -0.2) is 18.5 Å². The van der Waals surface area contributed by atoms with Gasteiger partial charge in [0.1, 0.15) is 5.82 Å². The topological polar surface area (TPSA) is 82.3 Å². The Hall–Kier alpha value is -4.30. The lowest BCUT2D eigenvalue weighted by molar-refractivity contribution is -0.614. The smallest absolute Gasteiger partial charge is 0.310 e. The fourth-order valence-corrected chi connectivity index (χ4v) is 5.55. The monoisotopic (exact) mass is 590 g/mol. The standard InChI is InChI=1S/C33H29ClF2N2O4/c1-2-42-31(40)17-20-10-12-24-21-6-5-7-22(18-21)25(8-3-4-9-30(39)37-28(24)16-20)29-15-11-23(19-38(29)41)32-27(35)14-13-26(34)33(32)36/h5-7,10-16,18-19,25H,2-4,8-9,17H2,1H3,(H,37,39). The van der Waals surface area contributed by atoms with Gasteiger partial charge in [0.05, 0.1) is 35.1 Å². The first-order valence-corrected chi connectivity index (χ1v) is 14.2. The van der Waals surface area contributed by atoms with Crippen LogP contribution in [0.1, 0.15) is 55.3 Å². The number of fused-ring (bicyclic) bond motifs is 4. The van der Waals surface area contributed by atoms with Gasteiger partial charge in [-0.25, -0.2) is 8.78 Å². The summed E-state index contributed by atoms with van der Waals surface area (Å²) in [4.78, 5) is 24.9. The van der Waals surface area contributed by atoms with Crippen molar-refractivity contribution in [1.29, 1.82) is 0 Å². The van der Waals surface area contributed by atoms with Gasteiger partial charge in [-0.1, -0.05) is 54.4 Å². The Morgan fingerprint density at radius 1 is 1.07 bits per heavy atom. The van der Waals surface area contributed by atoms with Crippen molar-refractivity contribution >= 4 is 29.2 Å². The van der Waals surface area contributed by atoms with E-state index in [9.17, 15) is 23.6 Å². The van der Waals surface area contributed by atoms with Crippen LogP contribution < -0.4 is 10.0 Å². The molecular weight excluding hydrogens is 562 g/mol. The van der Waals surface area contributed by atoms with Crippen LogP contribution in [0.4, 0.5) is 14.5 Å². The minimum absolute atomic E-state index is 0.0809. The van der Waals surface area contributed by atoms with Crippen molar-refractivity contribution in [3.05, 3.63) is 112 Å². The van der Waals surface area contributed by atoms with Gasteiger partial charge < -0.3 is 15.3 Å². The quantitative estimate of drug-likeness (QED) is 0.114. The van der Waals surface area contributed by atoms with Crippen LogP contribution in [0.5, 0.6) is 0 Å². The van der Waals surface area contributed by atoms with Crippen molar-refractivity contribution in [2.24, 2.45) is 0 Å². The van der Waals surface area contributed by atoms with E-state index in [4.69, 9.17) is 16.3 Å². The van der Waals surface area contributed by atoms with E-state index in [0.29, 0.717) is 40.9 Å². The Kier molecular flexibility index (Phi) is 8.83. The molecule has 5 rings (SSSR count). The highest BCUT2D eigenvalue weighted by molar-refractivity contribution is 6.31. The normalized spacial score (nSPS) is 15.1. The van der Waals surface area contributed by atoms with Crippen LogP contribution in [0.3, 0.4) is 0 Å². The summed E-state index contributed by atoms with van der Waals surface area (Å²) >= 11 is 5.87. The fraction of sp³-hybridized carbons (Fsp3) is 0.242. The molecule has 216 valence electrons. The molecule has 2 heterocycles. The second-order valence-corrected chi connectivity index (χ2v) is 10.6. The number of hydrogen-bond donors (Lipinski definition) is 1. The number of nitrogens with one attached hydrogen (secondary N) is 1. The van der Waals surface area contributed by atoms with E-state index >= 15 is 0 Å². The zero-order chi connectivity index (χ0) is 29.8. The molecule has 1 aliphatic rings. The number of anilines is 1. The van der Waals surface area contributed by atoms with E-state index in [1.54, 1.807) is 19.1 Å². The van der Waals surface area contributed by atoms with E-state index in [2.05, 4.69) is 5.32 Å². The van der Waals surface area contributed by atoms with E-state index in [-0.39, 0.29) is 53.4 Å². The predicted molar refractivity (Wildman–Crippen MR) is 157 cm³/mol. The second-order valence-electron chi connectivity index (χ2n) is 10.2. The summed E-state index contributed by atoms with van der Waals surface area (Å²) in [7, 11) is 0. The molecule has 2 bridgehead atoms. The number of nitrogens with zero attached hydrogens (tertiary/aromatic N) is 1. The van der Waals surface area contributed by atoms with E-state index in [0.717, 1.165) is 28.8 Å². The van der Waals surface area contributed by atoms with Gasteiger partial charge in [0.2, 0.25) is 5.91 Å². The molecule has 0 saturated heterocycles. The van der Waals surface area contributed by atoms with Crippen LogP contribution >= 0.6 is 11.6 Å². The van der Waals surface area contributed by atoms with Gasteiger partial charge >= 0.3 is 5.97 Å². The molecule has 0 fully saturated rings. The number of rotatable bonds is 5. The van der Waals surface area contributed by atoms with E-state index in [1.165, 1.54) is 12.3 Å². The van der Waals surface area contributed by atoms with Crippen LogP contribution in [0, 0.1) is 16.8 Å². The lowest BCUT2D eigenvalue weighted by atomic mass is 9.87. The highest BCUT2D eigenvalue weighted by atomic mass is 35.5. The number of aromatic nitrogens is 1. The summed E-state index contributed by atoms with van der Waals surface area (Å²) in [6, 6.07) is 18.5. The van der Waals surface area contributed by atoms with Gasteiger partial charge in [-0.2, -0.15) is 4.73 Å². The molecule has 0 aliphatic carbocycles. The Balaban J connectivity index is 1.55. The van der Waals surface area contributed by atoms with E-state index in [1.807, 2.05) is 36.4 Å². The van der Waals surface area contributed by atoms with E-state index < -0.39 is 11.6 Å². The Bertz CT molecular complexity index is 1660. The molecule has 1 aliphatic heterocycles. The van der Waals surface area contributed by atoms with Gasteiger partial charge in [0.15, 0.2) is 17.7 Å². The number of esters is 1. The largest absolute Gasteiger partial charge is 0.618 e. The van der Waals surface area contributed by atoms with Gasteiger partial charge in [0.25, 0.3) is 0 Å². The molecule has 4 aromatic rings. The van der Waals surface area contributed by atoms with Gasteiger partial charge in [-0.3, -0.25) is 9.59 Å². The van der Waals surface area contributed by atoms with Crippen molar-refractivity contribution in [2.45, 2.75) is 44.9 Å². The van der Waals surface area contributed by atoms with Gasteiger partial charge in [-0.15, -0.1) is 0 Å².